The van der Waals surface area contributed by atoms with Gasteiger partial charge in [0.15, 0.2) is 0 Å². The number of nitrogens with zero attached hydrogens (tertiary/aromatic N) is 4. The van der Waals surface area contributed by atoms with Gasteiger partial charge in [0.2, 0.25) is 11.8 Å². The Morgan fingerprint density at radius 2 is 2.07 bits per heavy atom. The molecule has 0 bridgehead atoms. The van der Waals surface area contributed by atoms with Gasteiger partial charge in [-0.25, -0.2) is 4.68 Å². The molecular formula is C18H19N5O4. The quantitative estimate of drug-likeness (QED) is 0.799. The van der Waals surface area contributed by atoms with Crippen LogP contribution < -0.4 is 10.1 Å². The number of hydrogen-bond acceptors (Lipinski definition) is 5. The first-order chi connectivity index (χ1) is 13.1. The summed E-state index contributed by atoms with van der Waals surface area (Å²) in [6.45, 7) is 0.933. The predicted molar refractivity (Wildman–Crippen MR) is 94.5 cm³/mol. The number of amides is 3. The van der Waals surface area contributed by atoms with Crippen molar-refractivity contribution in [2.45, 2.75) is 6.04 Å². The second kappa shape index (κ2) is 6.75. The standard InChI is InChI=1S/C18H19N5O4/c1-27-15-5-3-2-4-13(15)23-10-12(8-20-23)18(26)21-6-7-22-14(11-21)17(25)19-9-16(22)24/h2-5,8,10,14H,6-7,9,11H2,1H3,(H,19,25)/t14-/m1/s1. The molecule has 2 aromatic rings. The van der Waals surface area contributed by atoms with E-state index in [-0.39, 0.29) is 30.8 Å². The third-order valence-corrected chi connectivity index (χ3v) is 4.87. The SMILES string of the molecule is COc1ccccc1-n1cc(C(=O)N2CCN3C(=O)CNC(=O)[C@H]3C2)cn1. The van der Waals surface area contributed by atoms with E-state index in [9.17, 15) is 14.4 Å². The number of benzene rings is 1. The van der Waals surface area contributed by atoms with Gasteiger partial charge in [-0.05, 0) is 12.1 Å². The first kappa shape index (κ1) is 17.1. The lowest BCUT2D eigenvalue weighted by molar-refractivity contribution is -0.148. The number of fused-ring (bicyclic) bond motifs is 1. The molecule has 0 aliphatic carbocycles. The van der Waals surface area contributed by atoms with Crippen molar-refractivity contribution in [2.75, 3.05) is 33.3 Å². The van der Waals surface area contributed by atoms with E-state index in [0.29, 0.717) is 24.4 Å². The minimum atomic E-state index is -0.631. The number of aromatic nitrogens is 2. The molecule has 27 heavy (non-hydrogen) atoms. The molecule has 0 unspecified atom stereocenters. The van der Waals surface area contributed by atoms with Crippen LogP contribution in [-0.4, -0.2) is 76.6 Å². The Labute approximate surface area is 155 Å². The van der Waals surface area contributed by atoms with Gasteiger partial charge in [-0.1, -0.05) is 12.1 Å². The van der Waals surface area contributed by atoms with Crippen LogP contribution in [-0.2, 0) is 9.59 Å². The van der Waals surface area contributed by atoms with Crippen LogP contribution in [0.15, 0.2) is 36.7 Å². The fourth-order valence-electron chi connectivity index (χ4n) is 3.44. The number of para-hydroxylation sites is 2. The van der Waals surface area contributed by atoms with Crippen molar-refractivity contribution >= 4 is 17.7 Å². The van der Waals surface area contributed by atoms with Crippen LogP contribution in [0.25, 0.3) is 5.69 Å². The third kappa shape index (κ3) is 3.01. The number of hydrogen-bond donors (Lipinski definition) is 1. The largest absolute Gasteiger partial charge is 0.494 e. The smallest absolute Gasteiger partial charge is 0.257 e. The zero-order chi connectivity index (χ0) is 19.0. The summed E-state index contributed by atoms with van der Waals surface area (Å²) in [5.74, 6) is 0.0831. The fraction of sp³-hybridized carbons (Fsp3) is 0.333. The Morgan fingerprint density at radius 1 is 1.26 bits per heavy atom. The minimum absolute atomic E-state index is 0.0228. The lowest BCUT2D eigenvalue weighted by Crippen LogP contribution is -2.66. The molecule has 9 heteroatoms. The van der Waals surface area contributed by atoms with Crippen LogP contribution in [0, 0.1) is 0 Å². The van der Waals surface area contributed by atoms with Gasteiger partial charge in [-0.3, -0.25) is 14.4 Å². The predicted octanol–water partition coefficient (Wildman–Crippen LogP) is -0.336. The Kier molecular flexibility index (Phi) is 4.27. The first-order valence-electron chi connectivity index (χ1n) is 8.63. The van der Waals surface area contributed by atoms with Crippen LogP contribution in [0.1, 0.15) is 10.4 Å². The molecule has 0 spiro atoms. The van der Waals surface area contributed by atoms with Gasteiger partial charge in [0, 0.05) is 19.3 Å². The summed E-state index contributed by atoms with van der Waals surface area (Å²) >= 11 is 0. The number of carbonyl (C=O) groups excluding carboxylic acids is 3. The molecule has 4 rings (SSSR count). The zero-order valence-corrected chi connectivity index (χ0v) is 14.8. The summed E-state index contributed by atoms with van der Waals surface area (Å²) in [4.78, 5) is 40.0. The van der Waals surface area contributed by atoms with E-state index in [1.54, 1.807) is 27.8 Å². The van der Waals surface area contributed by atoms with Crippen molar-refractivity contribution in [3.63, 3.8) is 0 Å². The molecule has 0 radical (unpaired) electrons. The van der Waals surface area contributed by atoms with Crippen molar-refractivity contribution in [1.29, 1.82) is 0 Å². The van der Waals surface area contributed by atoms with E-state index in [4.69, 9.17) is 4.74 Å². The molecule has 9 nitrogen and oxygen atoms in total. The lowest BCUT2D eigenvalue weighted by atomic mass is 10.1. The van der Waals surface area contributed by atoms with Gasteiger partial charge in [0.05, 0.1) is 32.0 Å². The molecule has 2 aliphatic rings. The van der Waals surface area contributed by atoms with Gasteiger partial charge in [0.1, 0.15) is 17.5 Å². The summed E-state index contributed by atoms with van der Waals surface area (Å²) in [7, 11) is 1.57. The van der Waals surface area contributed by atoms with Gasteiger partial charge >= 0.3 is 0 Å². The van der Waals surface area contributed by atoms with Crippen LogP contribution in [0.4, 0.5) is 0 Å². The number of piperazine rings is 2. The third-order valence-electron chi connectivity index (χ3n) is 4.87. The topological polar surface area (TPSA) is 96.8 Å². The van der Waals surface area contributed by atoms with E-state index < -0.39 is 6.04 Å². The molecule has 1 aromatic carbocycles. The molecule has 3 amide bonds. The highest BCUT2D eigenvalue weighted by molar-refractivity contribution is 5.97. The zero-order valence-electron chi connectivity index (χ0n) is 14.8. The number of nitrogens with one attached hydrogen (secondary N) is 1. The van der Waals surface area contributed by atoms with Crippen molar-refractivity contribution in [3.05, 3.63) is 42.2 Å². The normalized spacial score (nSPS) is 19.5. The van der Waals surface area contributed by atoms with E-state index in [1.807, 2.05) is 24.3 Å². The monoisotopic (exact) mass is 369 g/mol. The molecule has 1 aromatic heterocycles. The molecular weight excluding hydrogens is 350 g/mol. The Hall–Kier alpha value is -3.36. The Bertz CT molecular complexity index is 909. The lowest BCUT2D eigenvalue weighted by Gasteiger charge is -2.42. The van der Waals surface area contributed by atoms with E-state index in [2.05, 4.69) is 10.4 Å². The van der Waals surface area contributed by atoms with Gasteiger partial charge in [0.25, 0.3) is 5.91 Å². The molecule has 2 aliphatic heterocycles. The molecule has 140 valence electrons. The van der Waals surface area contributed by atoms with E-state index in [1.165, 1.54) is 6.20 Å². The number of carbonyl (C=O) groups is 3. The highest BCUT2D eigenvalue weighted by Crippen LogP contribution is 2.22. The van der Waals surface area contributed by atoms with Gasteiger partial charge in [-0.15, -0.1) is 0 Å². The summed E-state index contributed by atoms with van der Waals surface area (Å²) < 4.78 is 6.91. The maximum absolute atomic E-state index is 12.9. The summed E-state index contributed by atoms with van der Waals surface area (Å²) in [6.07, 6.45) is 3.13. The Morgan fingerprint density at radius 3 is 2.89 bits per heavy atom. The first-order valence-corrected chi connectivity index (χ1v) is 8.63. The molecule has 3 heterocycles. The highest BCUT2D eigenvalue weighted by Gasteiger charge is 2.40. The second-order valence-corrected chi connectivity index (χ2v) is 6.42. The van der Waals surface area contributed by atoms with Gasteiger partial charge < -0.3 is 19.9 Å². The summed E-state index contributed by atoms with van der Waals surface area (Å²) in [5.41, 5.74) is 1.14. The van der Waals surface area contributed by atoms with Crippen molar-refractivity contribution in [1.82, 2.24) is 24.9 Å². The number of ether oxygens (including phenoxy) is 1. The van der Waals surface area contributed by atoms with E-state index in [0.717, 1.165) is 5.69 Å². The molecule has 0 saturated carbocycles. The number of rotatable bonds is 3. The Balaban J connectivity index is 1.53. The van der Waals surface area contributed by atoms with Crippen LogP contribution in [0.3, 0.4) is 0 Å². The van der Waals surface area contributed by atoms with Crippen molar-refractivity contribution < 1.29 is 19.1 Å². The number of methoxy groups -OCH3 is 1. The molecule has 1 N–H and O–H groups in total. The maximum Gasteiger partial charge on any atom is 0.257 e. The highest BCUT2D eigenvalue weighted by atomic mass is 16.5. The van der Waals surface area contributed by atoms with Crippen LogP contribution in [0.5, 0.6) is 5.75 Å². The average molecular weight is 369 g/mol. The molecule has 1 atom stereocenters. The van der Waals surface area contributed by atoms with E-state index >= 15 is 0 Å². The molecule has 2 saturated heterocycles. The summed E-state index contributed by atoms with van der Waals surface area (Å²) in [6, 6.07) is 6.74. The minimum Gasteiger partial charge on any atom is -0.494 e. The summed E-state index contributed by atoms with van der Waals surface area (Å²) in [5, 5.41) is 6.83. The average Bonchev–Trinajstić information content (AvgIpc) is 3.20. The maximum atomic E-state index is 12.9. The van der Waals surface area contributed by atoms with Crippen molar-refractivity contribution in [2.24, 2.45) is 0 Å². The van der Waals surface area contributed by atoms with Crippen LogP contribution in [0.2, 0.25) is 0 Å². The van der Waals surface area contributed by atoms with Crippen molar-refractivity contribution in [3.8, 4) is 11.4 Å². The second-order valence-electron chi connectivity index (χ2n) is 6.42. The fourth-order valence-corrected chi connectivity index (χ4v) is 3.44. The van der Waals surface area contributed by atoms with Crippen LogP contribution >= 0.6 is 0 Å². The van der Waals surface area contributed by atoms with Gasteiger partial charge in [-0.2, -0.15) is 5.10 Å². The molecule has 2 fully saturated rings.